The molecule has 28 heavy (non-hydrogen) atoms. The number of carbonyl (C=O) groups excluding carboxylic acids is 1. The number of aliphatic hydroxyl groups excluding tert-OH is 1. The van der Waals surface area contributed by atoms with Crippen LogP contribution in [0, 0.1) is 6.92 Å². The Hall–Kier alpha value is -2.65. The molecule has 0 radical (unpaired) electrons. The number of aliphatic hydroxyl groups is 1. The molecule has 0 amide bonds. The van der Waals surface area contributed by atoms with E-state index < -0.39 is 40.8 Å². The molecule has 0 saturated carbocycles. The Balaban J connectivity index is 2.54. The van der Waals surface area contributed by atoms with Crippen LogP contribution in [0.1, 0.15) is 23.8 Å². The Labute approximate surface area is 158 Å². The zero-order valence-corrected chi connectivity index (χ0v) is 15.4. The third kappa shape index (κ3) is 4.10. The van der Waals surface area contributed by atoms with Gasteiger partial charge in [-0.1, -0.05) is 30.3 Å². The van der Waals surface area contributed by atoms with Crippen LogP contribution >= 0.6 is 0 Å². The minimum Gasteiger partial charge on any atom is -0.430 e. The summed E-state index contributed by atoms with van der Waals surface area (Å²) in [5, 5.41) is 9.42. The fourth-order valence-electron chi connectivity index (χ4n) is 2.61. The predicted octanol–water partition coefficient (Wildman–Crippen LogP) is 2.88. The third-order valence-corrected chi connectivity index (χ3v) is 4.05. The molecule has 0 aliphatic carbocycles. The average molecular weight is 400 g/mol. The van der Waals surface area contributed by atoms with Crippen molar-refractivity contribution in [2.24, 2.45) is 0 Å². The van der Waals surface area contributed by atoms with Crippen LogP contribution in [-0.4, -0.2) is 30.5 Å². The number of carbonyl (C=O) groups is 1. The molecule has 2 aromatic rings. The molecule has 6 nitrogen and oxygen atoms in total. The SMILES string of the molecule is CO[C@@](C(=O)Oc1oc(C[C@H](C)O)cc(=O)c1C)(c1ccccc1)C(F)(F)F. The fraction of sp³-hybridized carbons (Fsp3) is 0.368. The van der Waals surface area contributed by atoms with Crippen LogP contribution in [0.15, 0.2) is 45.6 Å². The van der Waals surface area contributed by atoms with E-state index in [0.29, 0.717) is 0 Å². The maximum atomic E-state index is 13.9. The molecule has 0 unspecified atom stereocenters. The van der Waals surface area contributed by atoms with E-state index >= 15 is 0 Å². The molecular formula is C19H19F3O6. The Bertz CT molecular complexity index is 889. The zero-order chi connectivity index (χ0) is 21.1. The normalized spacial score (nSPS) is 15.0. The standard InChI is InChI=1S/C19H19F3O6/c1-11(23)9-14-10-15(24)12(2)16(27-14)28-17(25)18(26-3,19(20,21)22)13-7-5-4-6-8-13/h4-8,10-11,23H,9H2,1-3H3/t11-,18+/m0/s1. The van der Waals surface area contributed by atoms with Crippen molar-refractivity contribution in [3.63, 3.8) is 0 Å². The van der Waals surface area contributed by atoms with Crippen molar-refractivity contribution >= 4 is 5.97 Å². The van der Waals surface area contributed by atoms with Crippen molar-refractivity contribution < 1.29 is 37.0 Å². The van der Waals surface area contributed by atoms with Gasteiger partial charge in [-0.15, -0.1) is 0 Å². The Kier molecular flexibility index (Phi) is 6.30. The lowest BCUT2D eigenvalue weighted by molar-refractivity contribution is -0.272. The van der Waals surface area contributed by atoms with E-state index in [-0.39, 0.29) is 17.7 Å². The number of halogens is 3. The van der Waals surface area contributed by atoms with Gasteiger partial charge in [0.25, 0.3) is 11.5 Å². The summed E-state index contributed by atoms with van der Waals surface area (Å²) >= 11 is 0. The van der Waals surface area contributed by atoms with Crippen molar-refractivity contribution in [2.75, 3.05) is 7.11 Å². The van der Waals surface area contributed by atoms with Crippen LogP contribution in [0.5, 0.6) is 5.95 Å². The predicted molar refractivity (Wildman–Crippen MR) is 91.9 cm³/mol. The Morgan fingerprint density at radius 3 is 2.36 bits per heavy atom. The van der Waals surface area contributed by atoms with Gasteiger partial charge in [0, 0.05) is 25.2 Å². The largest absolute Gasteiger partial charge is 0.432 e. The number of hydrogen-bond donors (Lipinski definition) is 1. The molecular weight excluding hydrogens is 381 g/mol. The van der Waals surface area contributed by atoms with Crippen molar-refractivity contribution in [3.8, 4) is 5.95 Å². The van der Waals surface area contributed by atoms with E-state index in [9.17, 15) is 27.9 Å². The zero-order valence-electron chi connectivity index (χ0n) is 15.4. The molecule has 0 fully saturated rings. The molecule has 152 valence electrons. The van der Waals surface area contributed by atoms with Crippen molar-refractivity contribution in [3.05, 3.63) is 63.5 Å². The van der Waals surface area contributed by atoms with Gasteiger partial charge in [-0.25, -0.2) is 4.79 Å². The van der Waals surface area contributed by atoms with Gasteiger partial charge in [0.15, 0.2) is 5.43 Å². The summed E-state index contributed by atoms with van der Waals surface area (Å²) in [6.45, 7) is 2.67. The average Bonchev–Trinajstić information content (AvgIpc) is 2.59. The number of methoxy groups -OCH3 is 1. The topological polar surface area (TPSA) is 86.0 Å². The Morgan fingerprint density at radius 2 is 1.86 bits per heavy atom. The van der Waals surface area contributed by atoms with Crippen molar-refractivity contribution in [2.45, 2.75) is 38.1 Å². The summed E-state index contributed by atoms with van der Waals surface area (Å²) in [4.78, 5) is 24.7. The fourth-order valence-corrected chi connectivity index (χ4v) is 2.61. The molecule has 0 saturated heterocycles. The van der Waals surface area contributed by atoms with Crippen LogP contribution in [0.2, 0.25) is 0 Å². The van der Waals surface area contributed by atoms with Gasteiger partial charge in [0.1, 0.15) is 5.76 Å². The molecule has 9 heteroatoms. The van der Waals surface area contributed by atoms with Crippen LogP contribution < -0.4 is 10.2 Å². The van der Waals surface area contributed by atoms with Crippen LogP contribution in [-0.2, 0) is 21.6 Å². The number of benzene rings is 1. The number of hydrogen-bond acceptors (Lipinski definition) is 6. The number of ether oxygens (including phenoxy) is 2. The van der Waals surface area contributed by atoms with Crippen molar-refractivity contribution in [1.29, 1.82) is 0 Å². The highest BCUT2D eigenvalue weighted by atomic mass is 19.4. The molecule has 0 spiro atoms. The van der Waals surface area contributed by atoms with Gasteiger partial charge in [-0.05, 0) is 13.8 Å². The van der Waals surface area contributed by atoms with Crippen molar-refractivity contribution in [1.82, 2.24) is 0 Å². The highest BCUT2D eigenvalue weighted by Gasteiger charge is 2.64. The second kappa shape index (κ2) is 8.15. The Morgan fingerprint density at radius 1 is 1.25 bits per heavy atom. The lowest BCUT2D eigenvalue weighted by atomic mass is 9.93. The second-order valence-electron chi connectivity index (χ2n) is 6.18. The van der Waals surface area contributed by atoms with E-state index in [1.807, 2.05) is 0 Å². The van der Waals surface area contributed by atoms with Gasteiger partial charge in [0.05, 0.1) is 11.7 Å². The molecule has 0 bridgehead atoms. The molecule has 0 aliphatic rings. The first-order valence-electron chi connectivity index (χ1n) is 8.24. The van der Waals surface area contributed by atoms with Gasteiger partial charge < -0.3 is 19.0 Å². The minimum absolute atomic E-state index is 0.0388. The van der Waals surface area contributed by atoms with Crippen LogP contribution in [0.4, 0.5) is 13.2 Å². The maximum Gasteiger partial charge on any atom is 0.432 e. The monoisotopic (exact) mass is 400 g/mol. The highest BCUT2D eigenvalue weighted by molar-refractivity contribution is 5.84. The number of alkyl halides is 3. The quantitative estimate of drug-likeness (QED) is 0.751. The first-order chi connectivity index (χ1) is 13.0. The summed E-state index contributed by atoms with van der Waals surface area (Å²) in [5.41, 5.74) is -4.71. The number of rotatable bonds is 6. The van der Waals surface area contributed by atoms with Gasteiger partial charge in [-0.2, -0.15) is 13.2 Å². The first-order valence-corrected chi connectivity index (χ1v) is 8.24. The summed E-state index contributed by atoms with van der Waals surface area (Å²) in [6, 6.07) is 7.34. The molecule has 1 N–H and O–H groups in total. The number of esters is 1. The summed E-state index contributed by atoms with van der Waals surface area (Å²) < 4.78 is 56.4. The molecule has 2 rings (SSSR count). The first kappa shape index (κ1) is 21.6. The highest BCUT2D eigenvalue weighted by Crippen LogP contribution is 2.43. The summed E-state index contributed by atoms with van der Waals surface area (Å²) in [7, 11) is 0.731. The lowest BCUT2D eigenvalue weighted by Crippen LogP contribution is -2.52. The minimum atomic E-state index is -5.16. The second-order valence-corrected chi connectivity index (χ2v) is 6.18. The molecule has 1 aromatic carbocycles. The third-order valence-electron chi connectivity index (χ3n) is 4.05. The van der Waals surface area contributed by atoms with Gasteiger partial charge >= 0.3 is 12.1 Å². The molecule has 1 aromatic heterocycles. The summed E-state index contributed by atoms with van der Waals surface area (Å²) in [5.74, 6) is -2.54. The summed E-state index contributed by atoms with van der Waals surface area (Å²) in [6.07, 6.45) is -6.13. The van der Waals surface area contributed by atoms with E-state index in [0.717, 1.165) is 25.3 Å². The van der Waals surface area contributed by atoms with E-state index in [1.54, 1.807) is 0 Å². The smallest absolute Gasteiger partial charge is 0.430 e. The van der Waals surface area contributed by atoms with E-state index in [1.165, 1.54) is 32.0 Å². The molecule has 2 atom stereocenters. The van der Waals surface area contributed by atoms with E-state index in [4.69, 9.17) is 9.15 Å². The molecule has 0 aliphatic heterocycles. The lowest BCUT2D eigenvalue weighted by Gasteiger charge is -2.32. The van der Waals surface area contributed by atoms with Crippen LogP contribution in [0.25, 0.3) is 0 Å². The van der Waals surface area contributed by atoms with E-state index in [2.05, 4.69) is 4.74 Å². The van der Waals surface area contributed by atoms with Gasteiger partial charge in [-0.3, -0.25) is 4.79 Å². The maximum absolute atomic E-state index is 13.9. The van der Waals surface area contributed by atoms with Gasteiger partial charge in [0.2, 0.25) is 0 Å². The van der Waals surface area contributed by atoms with Crippen LogP contribution in [0.3, 0.4) is 0 Å². The molecule has 1 heterocycles.